The molecule has 0 unspecified atom stereocenters. The fourth-order valence-corrected chi connectivity index (χ4v) is 9.34. The molecule has 5 nitrogen and oxygen atoms in total. The first-order valence-corrected chi connectivity index (χ1v) is 13.8. The predicted molar refractivity (Wildman–Crippen MR) is 116 cm³/mol. The molecule has 2 aromatic rings. The fraction of sp³-hybridized carbons (Fsp3) is 0.478. The molecule has 0 N–H and O–H groups in total. The number of nitrogens with zero attached hydrogens (tertiary/aromatic N) is 1. The van der Waals surface area contributed by atoms with Crippen LogP contribution in [-0.2, 0) is 32.7 Å². The minimum atomic E-state index is -3.63. The Labute approximate surface area is 179 Å². The van der Waals surface area contributed by atoms with E-state index in [4.69, 9.17) is 0 Å². The maximum absolute atomic E-state index is 13.5. The Bertz CT molecular complexity index is 1140. The second-order valence-corrected chi connectivity index (χ2v) is 12.9. The first kappa shape index (κ1) is 20.2. The average Bonchev–Trinajstić information content (AvgIpc) is 3.04. The van der Waals surface area contributed by atoms with Crippen LogP contribution in [0.3, 0.4) is 0 Å². The Morgan fingerprint density at radius 2 is 1.37 bits per heavy atom. The van der Waals surface area contributed by atoms with Crippen LogP contribution >= 0.6 is 0 Å². The van der Waals surface area contributed by atoms with Crippen molar-refractivity contribution in [3.63, 3.8) is 0 Å². The minimum absolute atomic E-state index is 0.242. The zero-order valence-corrected chi connectivity index (χ0v) is 18.5. The molecule has 7 heteroatoms. The van der Waals surface area contributed by atoms with Crippen LogP contribution in [0, 0.1) is 0 Å². The maximum atomic E-state index is 13.5. The molecule has 0 aromatic heterocycles. The lowest BCUT2D eigenvalue weighted by atomic mass is 9.92. The van der Waals surface area contributed by atoms with Crippen LogP contribution in [0.5, 0.6) is 0 Å². The van der Waals surface area contributed by atoms with E-state index in [-0.39, 0.29) is 12.1 Å². The molecule has 2 heterocycles. The first-order valence-electron chi connectivity index (χ1n) is 10.8. The topological polar surface area (TPSA) is 71.5 Å². The highest BCUT2D eigenvalue weighted by Crippen LogP contribution is 2.43. The van der Waals surface area contributed by atoms with E-state index in [1.165, 1.54) is 5.56 Å². The van der Waals surface area contributed by atoms with Gasteiger partial charge in [0.2, 0.25) is 10.0 Å². The third-order valence-electron chi connectivity index (χ3n) is 7.03. The summed E-state index contributed by atoms with van der Waals surface area (Å²) in [6, 6.07) is 13.6. The van der Waals surface area contributed by atoms with Crippen molar-refractivity contribution in [2.75, 3.05) is 0 Å². The zero-order chi connectivity index (χ0) is 20.9. The fourth-order valence-electron chi connectivity index (χ4n) is 5.52. The van der Waals surface area contributed by atoms with Crippen LogP contribution in [0.2, 0.25) is 0 Å². The minimum Gasteiger partial charge on any atom is -0.223 e. The monoisotopic (exact) mass is 445 g/mol. The molecule has 2 fully saturated rings. The number of benzene rings is 2. The molecule has 2 saturated heterocycles. The number of hydrogen-bond donors (Lipinski definition) is 0. The van der Waals surface area contributed by atoms with Crippen molar-refractivity contribution < 1.29 is 16.8 Å². The quantitative estimate of drug-likeness (QED) is 0.719. The van der Waals surface area contributed by atoms with Crippen molar-refractivity contribution in [2.24, 2.45) is 0 Å². The van der Waals surface area contributed by atoms with E-state index < -0.39 is 25.1 Å². The van der Waals surface area contributed by atoms with Gasteiger partial charge in [-0.1, -0.05) is 24.3 Å². The Morgan fingerprint density at radius 3 is 2.03 bits per heavy atom. The molecule has 0 saturated carbocycles. The predicted octanol–water partition coefficient (Wildman–Crippen LogP) is 3.72. The van der Waals surface area contributed by atoms with Gasteiger partial charge in [0, 0.05) is 12.1 Å². The third-order valence-corrected chi connectivity index (χ3v) is 11.2. The van der Waals surface area contributed by atoms with Crippen LogP contribution in [0.1, 0.15) is 49.7 Å². The molecule has 30 heavy (non-hydrogen) atoms. The van der Waals surface area contributed by atoms with Crippen molar-refractivity contribution in [3.05, 3.63) is 59.7 Å². The lowest BCUT2D eigenvalue weighted by Gasteiger charge is -2.37. The molecule has 3 aliphatic rings. The number of rotatable bonds is 4. The largest absolute Gasteiger partial charge is 0.243 e. The summed E-state index contributed by atoms with van der Waals surface area (Å²) in [5.74, 6) is 0. The molecule has 2 aromatic carbocycles. The lowest BCUT2D eigenvalue weighted by molar-refractivity contribution is 0.249. The van der Waals surface area contributed by atoms with Crippen molar-refractivity contribution in [1.29, 1.82) is 0 Å². The van der Waals surface area contributed by atoms with Gasteiger partial charge < -0.3 is 0 Å². The van der Waals surface area contributed by atoms with Crippen molar-refractivity contribution in [2.45, 2.75) is 78.5 Å². The van der Waals surface area contributed by atoms with Crippen molar-refractivity contribution in [3.8, 4) is 0 Å². The van der Waals surface area contributed by atoms with Gasteiger partial charge in [-0.05, 0) is 86.8 Å². The summed E-state index contributed by atoms with van der Waals surface area (Å²) in [5.41, 5.74) is 2.41. The van der Waals surface area contributed by atoms with Gasteiger partial charge >= 0.3 is 0 Å². The lowest BCUT2D eigenvalue weighted by Crippen LogP contribution is -2.49. The van der Waals surface area contributed by atoms with E-state index in [9.17, 15) is 16.8 Å². The van der Waals surface area contributed by atoms with Gasteiger partial charge in [-0.25, -0.2) is 16.8 Å². The molecule has 0 amide bonds. The SMILES string of the molecule is O=S(=O)(c1ccccc1)C1C[C@H]2CC[C@H](C1)N2S(=O)(=O)c1ccc2c(c1)CCCC2. The Balaban J connectivity index is 1.43. The number of sulfone groups is 1. The van der Waals surface area contributed by atoms with E-state index in [2.05, 4.69) is 0 Å². The van der Waals surface area contributed by atoms with E-state index in [1.807, 2.05) is 12.1 Å². The van der Waals surface area contributed by atoms with Gasteiger partial charge in [-0.3, -0.25) is 0 Å². The molecule has 2 bridgehead atoms. The van der Waals surface area contributed by atoms with Crippen molar-refractivity contribution in [1.82, 2.24) is 4.31 Å². The van der Waals surface area contributed by atoms with Gasteiger partial charge in [0.05, 0.1) is 15.0 Å². The molecule has 2 atom stereocenters. The average molecular weight is 446 g/mol. The number of fused-ring (bicyclic) bond motifs is 3. The molecular formula is C23H27NO4S2. The standard InChI is InChI=1S/C23H27NO4S2/c25-29(26,21-8-2-1-3-9-21)23-15-19-11-12-20(16-23)24(19)30(27,28)22-13-10-17-6-4-5-7-18(17)14-22/h1-3,8-10,13-14,19-20,23H,4-7,11-12,15-16H2/t19-,20-/m1/s1. The normalized spacial score (nSPS) is 27.0. The number of piperidine rings is 1. The molecule has 0 spiro atoms. The summed E-state index contributed by atoms with van der Waals surface area (Å²) in [6.45, 7) is 0. The summed E-state index contributed by atoms with van der Waals surface area (Å²) in [7, 11) is -7.08. The van der Waals surface area contributed by atoms with E-state index in [1.54, 1.807) is 40.7 Å². The summed E-state index contributed by atoms with van der Waals surface area (Å²) in [4.78, 5) is 0.699. The highest BCUT2D eigenvalue weighted by Gasteiger charge is 2.50. The molecule has 1 aliphatic carbocycles. The maximum Gasteiger partial charge on any atom is 0.243 e. The number of hydrogen-bond acceptors (Lipinski definition) is 4. The van der Waals surface area contributed by atoms with Crippen LogP contribution < -0.4 is 0 Å². The zero-order valence-electron chi connectivity index (χ0n) is 16.9. The van der Waals surface area contributed by atoms with Crippen LogP contribution in [-0.4, -0.2) is 38.5 Å². The summed E-state index contributed by atoms with van der Waals surface area (Å²) in [5, 5.41) is -0.521. The Hall–Kier alpha value is -1.70. The van der Waals surface area contributed by atoms with Crippen molar-refractivity contribution >= 4 is 19.9 Å². The van der Waals surface area contributed by atoms with Crippen LogP contribution in [0.15, 0.2) is 58.3 Å². The molecule has 5 rings (SSSR count). The molecular weight excluding hydrogens is 418 g/mol. The highest BCUT2D eigenvalue weighted by molar-refractivity contribution is 7.92. The summed E-state index contributed by atoms with van der Waals surface area (Å²) in [6.07, 6.45) is 6.42. The highest BCUT2D eigenvalue weighted by atomic mass is 32.2. The van der Waals surface area contributed by atoms with Gasteiger partial charge in [0.25, 0.3) is 0 Å². The second-order valence-electron chi connectivity index (χ2n) is 8.81. The van der Waals surface area contributed by atoms with E-state index in [0.29, 0.717) is 22.6 Å². The summed E-state index contributed by atoms with van der Waals surface area (Å²) < 4.78 is 55.0. The van der Waals surface area contributed by atoms with Gasteiger partial charge in [0.15, 0.2) is 9.84 Å². The molecule has 2 aliphatic heterocycles. The second kappa shape index (κ2) is 7.46. The smallest absolute Gasteiger partial charge is 0.223 e. The van der Waals surface area contributed by atoms with E-state index >= 15 is 0 Å². The van der Waals surface area contributed by atoms with Gasteiger partial charge in [-0.2, -0.15) is 4.31 Å². The first-order chi connectivity index (χ1) is 14.4. The van der Waals surface area contributed by atoms with E-state index in [0.717, 1.165) is 44.1 Å². The Morgan fingerprint density at radius 1 is 0.733 bits per heavy atom. The number of aryl methyl sites for hydroxylation is 2. The van der Waals surface area contributed by atoms with Crippen LogP contribution in [0.25, 0.3) is 0 Å². The Kier molecular flexibility index (Phi) is 5.03. The molecule has 160 valence electrons. The van der Waals surface area contributed by atoms with Crippen LogP contribution in [0.4, 0.5) is 0 Å². The number of sulfonamides is 1. The van der Waals surface area contributed by atoms with Gasteiger partial charge in [-0.15, -0.1) is 0 Å². The van der Waals surface area contributed by atoms with Gasteiger partial charge in [0.1, 0.15) is 0 Å². The summed E-state index contributed by atoms with van der Waals surface area (Å²) >= 11 is 0. The molecule has 0 radical (unpaired) electrons. The third kappa shape index (κ3) is 3.31.